The molecule has 0 aromatic heterocycles. The maximum Gasteiger partial charge on any atom is 0.416 e. The number of hydrogen-bond acceptors (Lipinski definition) is 3. The molecule has 8 heteroatoms. The van der Waals surface area contributed by atoms with Crippen molar-refractivity contribution in [3.63, 3.8) is 0 Å². The number of benzene rings is 1. The lowest BCUT2D eigenvalue weighted by Gasteiger charge is -2.41. The predicted octanol–water partition coefficient (Wildman–Crippen LogP) is 3.62. The van der Waals surface area contributed by atoms with Crippen LogP contribution < -0.4 is 5.32 Å². The van der Waals surface area contributed by atoms with Gasteiger partial charge in [-0.15, -0.1) is 0 Å². The van der Waals surface area contributed by atoms with Gasteiger partial charge in [-0.05, 0) is 56.2 Å². The van der Waals surface area contributed by atoms with Gasteiger partial charge in [-0.1, -0.05) is 18.6 Å². The molecule has 1 aliphatic heterocycles. The Hall–Kier alpha value is -2.09. The Balaban J connectivity index is 1.47. The van der Waals surface area contributed by atoms with E-state index >= 15 is 0 Å². The average molecular weight is 410 g/mol. The summed E-state index contributed by atoms with van der Waals surface area (Å²) in [7, 11) is 0. The minimum Gasteiger partial charge on any atom is -0.353 e. The number of halogens is 3. The van der Waals surface area contributed by atoms with Gasteiger partial charge in [-0.25, -0.2) is 0 Å². The molecular formula is C21H25F3N2O3. The molecule has 1 atom stereocenters. The van der Waals surface area contributed by atoms with Gasteiger partial charge in [0.05, 0.1) is 12.2 Å². The number of carbonyl (C=O) groups is 2. The van der Waals surface area contributed by atoms with Crippen molar-refractivity contribution in [1.29, 1.82) is 0 Å². The summed E-state index contributed by atoms with van der Waals surface area (Å²) in [6.07, 6.45) is 1.68. The van der Waals surface area contributed by atoms with Crippen LogP contribution in [0.5, 0.6) is 0 Å². The van der Waals surface area contributed by atoms with Crippen LogP contribution in [-0.4, -0.2) is 35.1 Å². The molecule has 29 heavy (non-hydrogen) atoms. The number of carbonyl (C=O) groups excluding carboxylic acids is 2. The van der Waals surface area contributed by atoms with Gasteiger partial charge in [-0.2, -0.15) is 13.2 Å². The Kier molecular flexibility index (Phi) is 5.31. The Labute approximate surface area is 167 Å². The van der Waals surface area contributed by atoms with Gasteiger partial charge in [-0.3, -0.25) is 14.5 Å². The number of nitrogens with one attached hydrogen (secondary N) is 1. The quantitative estimate of drug-likeness (QED) is 0.825. The van der Waals surface area contributed by atoms with Crippen LogP contribution in [0.15, 0.2) is 24.3 Å². The highest BCUT2D eigenvalue weighted by molar-refractivity contribution is 5.90. The largest absolute Gasteiger partial charge is 0.416 e. The summed E-state index contributed by atoms with van der Waals surface area (Å²) in [5.41, 5.74) is -1.09. The van der Waals surface area contributed by atoms with E-state index in [1.54, 1.807) is 4.90 Å². The van der Waals surface area contributed by atoms with Crippen LogP contribution in [0.3, 0.4) is 0 Å². The fourth-order valence-corrected chi connectivity index (χ4v) is 4.39. The van der Waals surface area contributed by atoms with Crippen molar-refractivity contribution in [2.45, 2.75) is 69.4 Å². The fraction of sp³-hybridized carbons (Fsp3) is 0.619. The summed E-state index contributed by atoms with van der Waals surface area (Å²) in [5.74, 6) is -0.434. The van der Waals surface area contributed by atoms with Crippen molar-refractivity contribution in [2.75, 3.05) is 6.61 Å². The number of ether oxygens (including phenoxy) is 1. The highest BCUT2D eigenvalue weighted by Gasteiger charge is 2.55. The van der Waals surface area contributed by atoms with Crippen LogP contribution in [-0.2, 0) is 27.0 Å². The van der Waals surface area contributed by atoms with Crippen molar-refractivity contribution >= 4 is 11.8 Å². The first-order valence-corrected chi connectivity index (χ1v) is 10.2. The number of rotatable bonds is 4. The summed E-state index contributed by atoms with van der Waals surface area (Å²) in [4.78, 5) is 27.5. The zero-order valence-electron chi connectivity index (χ0n) is 16.1. The van der Waals surface area contributed by atoms with E-state index in [4.69, 9.17) is 4.74 Å². The third-order valence-corrected chi connectivity index (χ3v) is 6.08. The monoisotopic (exact) mass is 410 g/mol. The second-order valence-electron chi connectivity index (χ2n) is 8.23. The van der Waals surface area contributed by atoms with Gasteiger partial charge < -0.3 is 10.1 Å². The molecule has 1 unspecified atom stereocenters. The first-order valence-electron chi connectivity index (χ1n) is 10.2. The van der Waals surface area contributed by atoms with Crippen molar-refractivity contribution < 1.29 is 27.5 Å². The SMILES string of the molecule is O=C(NCc1cccc(C(F)(F)F)c1)C1COC2(CCCCC2)N1C(=O)C1CC1. The summed E-state index contributed by atoms with van der Waals surface area (Å²) in [5, 5.41) is 2.71. The first-order chi connectivity index (χ1) is 13.8. The van der Waals surface area contributed by atoms with Gasteiger partial charge in [0.2, 0.25) is 11.8 Å². The molecular weight excluding hydrogens is 385 g/mol. The van der Waals surface area contributed by atoms with E-state index < -0.39 is 23.5 Å². The zero-order chi connectivity index (χ0) is 20.6. The molecule has 1 aromatic carbocycles. The molecule has 1 spiro atoms. The molecule has 3 aliphatic rings. The van der Waals surface area contributed by atoms with Gasteiger partial charge in [0.15, 0.2) is 0 Å². The minimum absolute atomic E-state index is 0.0244. The smallest absolute Gasteiger partial charge is 0.353 e. The molecule has 158 valence electrons. The Bertz CT molecular complexity index is 786. The fourth-order valence-electron chi connectivity index (χ4n) is 4.39. The maximum absolute atomic E-state index is 13.0. The number of amides is 2. The van der Waals surface area contributed by atoms with Crippen LogP contribution in [0.4, 0.5) is 13.2 Å². The molecule has 1 aromatic rings. The minimum atomic E-state index is -4.43. The lowest BCUT2D eigenvalue weighted by Crippen LogP contribution is -2.56. The van der Waals surface area contributed by atoms with Crippen LogP contribution >= 0.6 is 0 Å². The first kappa shape index (κ1) is 20.2. The van der Waals surface area contributed by atoms with Gasteiger partial charge in [0, 0.05) is 12.5 Å². The third kappa shape index (κ3) is 4.13. The summed E-state index contributed by atoms with van der Waals surface area (Å²) >= 11 is 0. The third-order valence-electron chi connectivity index (χ3n) is 6.08. The Morgan fingerprint density at radius 3 is 2.55 bits per heavy atom. The van der Waals surface area contributed by atoms with Crippen molar-refractivity contribution in [2.24, 2.45) is 5.92 Å². The Morgan fingerprint density at radius 1 is 1.17 bits per heavy atom. The number of alkyl halides is 3. The molecule has 3 fully saturated rings. The Morgan fingerprint density at radius 2 is 1.90 bits per heavy atom. The lowest BCUT2D eigenvalue weighted by atomic mass is 9.90. The molecule has 2 amide bonds. The topological polar surface area (TPSA) is 58.6 Å². The van der Waals surface area contributed by atoms with Crippen LogP contribution in [0.2, 0.25) is 0 Å². The molecule has 2 saturated carbocycles. The standard InChI is InChI=1S/C21H25F3N2O3/c22-21(23,24)16-6-4-5-14(11-16)12-25-18(27)17-13-29-20(9-2-1-3-10-20)26(17)19(28)15-7-8-15/h4-6,11,15,17H,1-3,7-10,12-13H2,(H,25,27). The van der Waals surface area contributed by atoms with Crippen molar-refractivity contribution in [1.82, 2.24) is 10.2 Å². The molecule has 4 rings (SSSR count). The maximum atomic E-state index is 13.0. The van der Waals surface area contributed by atoms with E-state index in [2.05, 4.69) is 5.32 Å². The van der Waals surface area contributed by atoms with Crippen LogP contribution in [0, 0.1) is 5.92 Å². The molecule has 5 nitrogen and oxygen atoms in total. The van der Waals surface area contributed by atoms with Crippen LogP contribution in [0.1, 0.15) is 56.1 Å². The summed E-state index contributed by atoms with van der Waals surface area (Å²) in [6.45, 7) is 0.102. The summed E-state index contributed by atoms with van der Waals surface area (Å²) in [6, 6.07) is 4.16. The van der Waals surface area contributed by atoms with E-state index in [9.17, 15) is 22.8 Å². The van der Waals surface area contributed by atoms with E-state index in [-0.39, 0.29) is 30.9 Å². The number of hydrogen-bond donors (Lipinski definition) is 1. The second kappa shape index (κ2) is 7.63. The zero-order valence-corrected chi connectivity index (χ0v) is 16.1. The van der Waals surface area contributed by atoms with E-state index in [0.29, 0.717) is 5.56 Å². The highest BCUT2D eigenvalue weighted by Crippen LogP contribution is 2.44. The molecule has 1 N–H and O–H groups in total. The molecule has 0 bridgehead atoms. The van der Waals surface area contributed by atoms with Gasteiger partial charge >= 0.3 is 6.18 Å². The van der Waals surface area contributed by atoms with E-state index in [0.717, 1.165) is 57.1 Å². The van der Waals surface area contributed by atoms with Crippen LogP contribution in [0.25, 0.3) is 0 Å². The predicted molar refractivity (Wildman–Crippen MR) is 98.4 cm³/mol. The normalized spacial score (nSPS) is 24.0. The number of nitrogens with zero attached hydrogens (tertiary/aromatic N) is 1. The second-order valence-corrected chi connectivity index (χ2v) is 8.23. The molecule has 2 aliphatic carbocycles. The summed E-state index contributed by atoms with van der Waals surface area (Å²) < 4.78 is 44.7. The van der Waals surface area contributed by atoms with E-state index in [1.807, 2.05) is 0 Å². The van der Waals surface area contributed by atoms with Crippen molar-refractivity contribution in [3.8, 4) is 0 Å². The van der Waals surface area contributed by atoms with Gasteiger partial charge in [0.25, 0.3) is 0 Å². The highest BCUT2D eigenvalue weighted by atomic mass is 19.4. The lowest BCUT2D eigenvalue weighted by molar-refractivity contribution is -0.161. The molecule has 1 heterocycles. The van der Waals surface area contributed by atoms with E-state index in [1.165, 1.54) is 12.1 Å². The van der Waals surface area contributed by atoms with Crippen molar-refractivity contribution in [3.05, 3.63) is 35.4 Å². The average Bonchev–Trinajstić information content (AvgIpc) is 3.49. The van der Waals surface area contributed by atoms with Gasteiger partial charge in [0.1, 0.15) is 11.8 Å². The molecule has 0 radical (unpaired) electrons. The molecule has 1 saturated heterocycles.